The number of hydrogen-bond donors (Lipinski definition) is 0. The lowest BCUT2D eigenvalue weighted by Gasteiger charge is -2.07. The van der Waals surface area contributed by atoms with Crippen LogP contribution in [0, 0.1) is 6.92 Å². The van der Waals surface area contributed by atoms with Crippen LogP contribution in [0.1, 0.15) is 29.3 Å². The molecule has 0 N–H and O–H groups in total. The molecule has 0 aliphatic rings. The summed E-state index contributed by atoms with van der Waals surface area (Å²) in [6.07, 6.45) is 0.956. The van der Waals surface area contributed by atoms with Crippen molar-refractivity contribution >= 4 is 5.97 Å². The van der Waals surface area contributed by atoms with E-state index in [1.807, 2.05) is 32.0 Å². The summed E-state index contributed by atoms with van der Waals surface area (Å²) in [4.78, 5) is 12.0. The van der Waals surface area contributed by atoms with Crippen molar-refractivity contribution in [3.8, 4) is 11.5 Å². The molecule has 0 amide bonds. The third-order valence-corrected chi connectivity index (χ3v) is 2.76. The van der Waals surface area contributed by atoms with E-state index in [1.54, 1.807) is 30.3 Å². The second-order valence-electron chi connectivity index (χ2n) is 4.58. The molecule has 0 atom stereocenters. The van der Waals surface area contributed by atoms with Gasteiger partial charge in [-0.2, -0.15) is 0 Å². The largest absolute Gasteiger partial charge is 0.494 e. The average molecular weight is 270 g/mol. The Morgan fingerprint density at radius 1 is 1.05 bits per heavy atom. The van der Waals surface area contributed by atoms with E-state index in [0.29, 0.717) is 17.9 Å². The third-order valence-electron chi connectivity index (χ3n) is 2.76. The molecule has 0 aromatic heterocycles. The van der Waals surface area contributed by atoms with Crippen LogP contribution in [0.3, 0.4) is 0 Å². The van der Waals surface area contributed by atoms with Gasteiger partial charge in [-0.1, -0.05) is 19.1 Å². The van der Waals surface area contributed by atoms with Gasteiger partial charge in [0.15, 0.2) is 0 Å². The summed E-state index contributed by atoms with van der Waals surface area (Å²) in [5.74, 6) is 0.956. The predicted octanol–water partition coefficient (Wildman–Crippen LogP) is 4.00. The Hall–Kier alpha value is -2.29. The quantitative estimate of drug-likeness (QED) is 0.608. The molecule has 3 heteroatoms. The molecule has 0 fully saturated rings. The van der Waals surface area contributed by atoms with E-state index < -0.39 is 0 Å². The molecule has 104 valence electrons. The van der Waals surface area contributed by atoms with Crippen molar-refractivity contribution in [3.63, 3.8) is 0 Å². The van der Waals surface area contributed by atoms with Crippen molar-refractivity contribution < 1.29 is 14.3 Å². The highest BCUT2D eigenvalue weighted by Gasteiger charge is 2.08. The zero-order valence-electron chi connectivity index (χ0n) is 11.8. The zero-order chi connectivity index (χ0) is 14.4. The number of aryl methyl sites for hydroxylation is 1. The van der Waals surface area contributed by atoms with Gasteiger partial charge in [0.2, 0.25) is 0 Å². The SMILES string of the molecule is CCCOc1ccc(C(=O)Oc2cccc(C)c2)cc1. The summed E-state index contributed by atoms with van der Waals surface area (Å²) in [5, 5.41) is 0. The smallest absolute Gasteiger partial charge is 0.343 e. The number of rotatable bonds is 5. The number of ether oxygens (including phenoxy) is 2. The molecule has 2 rings (SSSR count). The molecule has 0 saturated heterocycles. The van der Waals surface area contributed by atoms with E-state index in [9.17, 15) is 4.79 Å². The Morgan fingerprint density at radius 2 is 1.80 bits per heavy atom. The topological polar surface area (TPSA) is 35.5 Å². The average Bonchev–Trinajstić information content (AvgIpc) is 2.45. The van der Waals surface area contributed by atoms with Crippen molar-refractivity contribution in [2.24, 2.45) is 0 Å². The summed E-state index contributed by atoms with van der Waals surface area (Å²) in [6, 6.07) is 14.4. The highest BCUT2D eigenvalue weighted by molar-refractivity contribution is 5.91. The molecule has 0 radical (unpaired) electrons. The summed E-state index contributed by atoms with van der Waals surface area (Å²) in [7, 11) is 0. The Labute approximate surface area is 119 Å². The molecular formula is C17H18O3. The van der Waals surface area contributed by atoms with E-state index in [4.69, 9.17) is 9.47 Å². The second-order valence-corrected chi connectivity index (χ2v) is 4.58. The molecule has 2 aromatic carbocycles. The van der Waals surface area contributed by atoms with Crippen molar-refractivity contribution in [3.05, 3.63) is 59.7 Å². The first-order valence-corrected chi connectivity index (χ1v) is 6.71. The molecule has 3 nitrogen and oxygen atoms in total. The lowest BCUT2D eigenvalue weighted by Crippen LogP contribution is -2.08. The van der Waals surface area contributed by atoms with Crippen LogP contribution in [-0.4, -0.2) is 12.6 Å². The Balaban J connectivity index is 2.02. The van der Waals surface area contributed by atoms with E-state index in [0.717, 1.165) is 17.7 Å². The Bertz CT molecular complexity index is 573. The normalized spacial score (nSPS) is 10.1. The first-order valence-electron chi connectivity index (χ1n) is 6.71. The monoisotopic (exact) mass is 270 g/mol. The van der Waals surface area contributed by atoms with Crippen LogP contribution in [0.4, 0.5) is 0 Å². The van der Waals surface area contributed by atoms with E-state index >= 15 is 0 Å². The van der Waals surface area contributed by atoms with Gasteiger partial charge >= 0.3 is 5.97 Å². The first kappa shape index (κ1) is 14.1. The number of hydrogen-bond acceptors (Lipinski definition) is 3. The molecule has 0 saturated carbocycles. The summed E-state index contributed by atoms with van der Waals surface area (Å²) >= 11 is 0. The van der Waals surface area contributed by atoms with Crippen LogP contribution in [0.25, 0.3) is 0 Å². The van der Waals surface area contributed by atoms with Crippen LogP contribution >= 0.6 is 0 Å². The van der Waals surface area contributed by atoms with Crippen molar-refractivity contribution in [2.45, 2.75) is 20.3 Å². The minimum Gasteiger partial charge on any atom is -0.494 e. The number of benzene rings is 2. The maximum absolute atomic E-state index is 12.0. The number of carbonyl (C=O) groups is 1. The standard InChI is InChI=1S/C17H18O3/c1-3-11-19-15-9-7-14(8-10-15)17(18)20-16-6-4-5-13(2)12-16/h4-10,12H,3,11H2,1-2H3. The van der Waals surface area contributed by atoms with Crippen LogP contribution in [0.2, 0.25) is 0 Å². The van der Waals surface area contributed by atoms with Crippen molar-refractivity contribution in [1.29, 1.82) is 0 Å². The minimum absolute atomic E-state index is 0.363. The van der Waals surface area contributed by atoms with Crippen LogP contribution in [0.15, 0.2) is 48.5 Å². The Morgan fingerprint density at radius 3 is 2.45 bits per heavy atom. The Kier molecular flexibility index (Phi) is 4.77. The molecule has 0 heterocycles. The maximum Gasteiger partial charge on any atom is 0.343 e. The van der Waals surface area contributed by atoms with Gasteiger partial charge < -0.3 is 9.47 Å². The van der Waals surface area contributed by atoms with Gasteiger partial charge in [0.25, 0.3) is 0 Å². The molecule has 0 aliphatic carbocycles. The number of esters is 1. The fourth-order valence-corrected chi connectivity index (χ4v) is 1.75. The highest BCUT2D eigenvalue weighted by atomic mass is 16.5. The van der Waals surface area contributed by atoms with Crippen LogP contribution in [0.5, 0.6) is 11.5 Å². The van der Waals surface area contributed by atoms with Gasteiger partial charge in [0.1, 0.15) is 11.5 Å². The highest BCUT2D eigenvalue weighted by Crippen LogP contribution is 2.17. The molecule has 20 heavy (non-hydrogen) atoms. The summed E-state index contributed by atoms with van der Waals surface area (Å²) in [6.45, 7) is 4.68. The molecule has 2 aromatic rings. The zero-order valence-corrected chi connectivity index (χ0v) is 11.8. The first-order chi connectivity index (χ1) is 9.69. The van der Waals surface area contributed by atoms with Crippen molar-refractivity contribution in [1.82, 2.24) is 0 Å². The van der Waals surface area contributed by atoms with Crippen LogP contribution < -0.4 is 9.47 Å². The predicted molar refractivity (Wildman–Crippen MR) is 78.4 cm³/mol. The van der Waals surface area contributed by atoms with E-state index in [1.165, 1.54) is 0 Å². The van der Waals surface area contributed by atoms with E-state index in [-0.39, 0.29) is 5.97 Å². The van der Waals surface area contributed by atoms with Crippen molar-refractivity contribution in [2.75, 3.05) is 6.61 Å². The molecule has 0 unspecified atom stereocenters. The van der Waals surface area contributed by atoms with Gasteiger partial charge in [0.05, 0.1) is 12.2 Å². The maximum atomic E-state index is 12.0. The number of carbonyl (C=O) groups excluding carboxylic acids is 1. The van der Waals surface area contributed by atoms with Crippen LogP contribution in [-0.2, 0) is 0 Å². The molecule has 0 spiro atoms. The summed E-state index contributed by atoms with van der Waals surface area (Å²) < 4.78 is 10.8. The van der Waals surface area contributed by atoms with Gasteiger partial charge in [-0.15, -0.1) is 0 Å². The third kappa shape index (κ3) is 3.85. The fraction of sp³-hybridized carbons (Fsp3) is 0.235. The molecule has 0 aliphatic heterocycles. The van der Waals surface area contributed by atoms with Gasteiger partial charge in [-0.25, -0.2) is 4.79 Å². The minimum atomic E-state index is -0.363. The second kappa shape index (κ2) is 6.75. The van der Waals surface area contributed by atoms with E-state index in [2.05, 4.69) is 0 Å². The molecule has 0 bridgehead atoms. The summed E-state index contributed by atoms with van der Waals surface area (Å²) in [5.41, 5.74) is 1.56. The lowest BCUT2D eigenvalue weighted by atomic mass is 10.2. The van der Waals surface area contributed by atoms with Gasteiger partial charge in [0, 0.05) is 0 Å². The van der Waals surface area contributed by atoms with Gasteiger partial charge in [-0.05, 0) is 55.3 Å². The molecular weight excluding hydrogens is 252 g/mol. The van der Waals surface area contributed by atoms with Gasteiger partial charge in [-0.3, -0.25) is 0 Å². The fourth-order valence-electron chi connectivity index (χ4n) is 1.75. The lowest BCUT2D eigenvalue weighted by molar-refractivity contribution is 0.0734.